The van der Waals surface area contributed by atoms with Crippen molar-refractivity contribution in [2.45, 2.75) is 38.9 Å². The molecule has 18 heavy (non-hydrogen) atoms. The predicted octanol–water partition coefficient (Wildman–Crippen LogP) is 0.443. The highest BCUT2D eigenvalue weighted by molar-refractivity contribution is 5.76. The zero-order chi connectivity index (χ0) is 13.2. The van der Waals surface area contributed by atoms with Gasteiger partial charge < -0.3 is 20.1 Å². The molecule has 0 aromatic carbocycles. The SMILES string of the molecule is CCN=C1O[C@]2(CCNC[C@@H]2O)CN1CC(C)C. The summed E-state index contributed by atoms with van der Waals surface area (Å²) in [5.74, 6) is 0.560. The Balaban J connectivity index is 2.14. The van der Waals surface area contributed by atoms with Gasteiger partial charge in [-0.05, 0) is 19.4 Å². The molecule has 2 saturated heterocycles. The van der Waals surface area contributed by atoms with E-state index in [-0.39, 0.29) is 0 Å². The lowest BCUT2D eigenvalue weighted by Gasteiger charge is -2.36. The number of aliphatic imine (C=N–C) groups is 1. The summed E-state index contributed by atoms with van der Waals surface area (Å²) in [6, 6.07) is 0.715. The van der Waals surface area contributed by atoms with Crippen molar-refractivity contribution in [1.29, 1.82) is 0 Å². The number of amidine groups is 1. The normalized spacial score (nSPS) is 34.6. The largest absolute Gasteiger partial charge is 0.454 e. The number of piperidine rings is 1. The van der Waals surface area contributed by atoms with Crippen molar-refractivity contribution in [3.05, 3.63) is 0 Å². The van der Waals surface area contributed by atoms with Gasteiger partial charge in [0.2, 0.25) is 0 Å². The van der Waals surface area contributed by atoms with Crippen molar-refractivity contribution in [2.75, 3.05) is 32.7 Å². The average molecular weight is 255 g/mol. The summed E-state index contributed by atoms with van der Waals surface area (Å²) in [5, 5.41) is 13.4. The van der Waals surface area contributed by atoms with E-state index in [1.54, 1.807) is 0 Å². The van der Waals surface area contributed by atoms with Gasteiger partial charge in [0.25, 0.3) is 6.02 Å². The lowest BCUT2D eigenvalue weighted by molar-refractivity contribution is -0.0611. The molecule has 0 amide bonds. The van der Waals surface area contributed by atoms with E-state index in [1.807, 2.05) is 6.92 Å². The number of nitrogens with zero attached hydrogens (tertiary/aromatic N) is 2. The van der Waals surface area contributed by atoms with Crippen molar-refractivity contribution in [1.82, 2.24) is 10.2 Å². The zero-order valence-electron chi connectivity index (χ0n) is 11.6. The number of aliphatic hydroxyl groups excluding tert-OH is 1. The minimum atomic E-state index is -0.453. The summed E-state index contributed by atoms with van der Waals surface area (Å²) in [5.41, 5.74) is -0.450. The van der Waals surface area contributed by atoms with Crippen LogP contribution in [-0.4, -0.2) is 60.5 Å². The van der Waals surface area contributed by atoms with Gasteiger partial charge in [-0.25, -0.2) is 4.99 Å². The number of hydrogen-bond acceptors (Lipinski definition) is 4. The number of aliphatic hydroxyl groups is 1. The first kappa shape index (κ1) is 13.6. The summed E-state index contributed by atoms with van der Waals surface area (Å²) in [4.78, 5) is 6.61. The molecule has 0 saturated carbocycles. The molecule has 0 aromatic heterocycles. The molecule has 2 aliphatic rings. The highest BCUT2D eigenvalue weighted by atomic mass is 16.6. The third-order valence-corrected chi connectivity index (χ3v) is 3.57. The molecule has 2 atom stereocenters. The van der Waals surface area contributed by atoms with Gasteiger partial charge in [0.05, 0.1) is 6.54 Å². The Hall–Kier alpha value is -0.810. The van der Waals surface area contributed by atoms with E-state index < -0.39 is 11.7 Å². The molecule has 2 N–H and O–H groups in total. The van der Waals surface area contributed by atoms with Crippen LogP contribution in [0, 0.1) is 5.92 Å². The van der Waals surface area contributed by atoms with Gasteiger partial charge in [0.1, 0.15) is 6.10 Å². The van der Waals surface area contributed by atoms with E-state index in [0.29, 0.717) is 25.0 Å². The highest BCUT2D eigenvalue weighted by Gasteiger charge is 2.50. The van der Waals surface area contributed by atoms with Crippen LogP contribution in [0.4, 0.5) is 0 Å². The first-order chi connectivity index (χ1) is 8.57. The first-order valence-corrected chi connectivity index (χ1v) is 6.94. The van der Waals surface area contributed by atoms with Gasteiger partial charge in [-0.2, -0.15) is 0 Å². The topological polar surface area (TPSA) is 57.1 Å². The average Bonchev–Trinajstić information content (AvgIpc) is 2.62. The van der Waals surface area contributed by atoms with Crippen molar-refractivity contribution < 1.29 is 9.84 Å². The molecule has 0 bridgehead atoms. The monoisotopic (exact) mass is 255 g/mol. The van der Waals surface area contributed by atoms with Crippen LogP contribution in [0.25, 0.3) is 0 Å². The van der Waals surface area contributed by atoms with E-state index in [4.69, 9.17) is 4.74 Å². The molecule has 2 aliphatic heterocycles. The standard InChI is InChI=1S/C13H25N3O2/c1-4-15-12-16(8-10(2)3)9-13(18-12)5-6-14-7-11(13)17/h10-11,14,17H,4-9H2,1-3H3/t11-,13+/m0/s1. The van der Waals surface area contributed by atoms with Crippen LogP contribution in [0.5, 0.6) is 0 Å². The summed E-state index contributed by atoms with van der Waals surface area (Å²) in [6.07, 6.45) is 0.386. The Labute approximate surface area is 109 Å². The Morgan fingerprint density at radius 1 is 1.61 bits per heavy atom. The maximum Gasteiger partial charge on any atom is 0.288 e. The smallest absolute Gasteiger partial charge is 0.288 e. The number of nitrogens with one attached hydrogen (secondary N) is 1. The maximum absolute atomic E-state index is 10.2. The van der Waals surface area contributed by atoms with Gasteiger partial charge in [-0.3, -0.25) is 0 Å². The lowest BCUT2D eigenvalue weighted by atomic mass is 9.89. The molecular weight excluding hydrogens is 230 g/mol. The molecule has 2 rings (SSSR count). The van der Waals surface area contributed by atoms with Crippen LogP contribution in [-0.2, 0) is 4.74 Å². The Morgan fingerprint density at radius 3 is 3.00 bits per heavy atom. The third-order valence-electron chi connectivity index (χ3n) is 3.57. The number of ether oxygens (including phenoxy) is 1. The Morgan fingerprint density at radius 2 is 2.39 bits per heavy atom. The van der Waals surface area contributed by atoms with E-state index >= 15 is 0 Å². The molecule has 2 fully saturated rings. The van der Waals surface area contributed by atoms with E-state index in [1.165, 1.54) is 0 Å². The van der Waals surface area contributed by atoms with Gasteiger partial charge >= 0.3 is 0 Å². The first-order valence-electron chi connectivity index (χ1n) is 6.94. The van der Waals surface area contributed by atoms with Gasteiger partial charge in [-0.15, -0.1) is 0 Å². The molecule has 0 aliphatic carbocycles. The fourth-order valence-corrected chi connectivity index (χ4v) is 2.72. The summed E-state index contributed by atoms with van der Waals surface area (Å²) in [7, 11) is 0. The fourth-order valence-electron chi connectivity index (χ4n) is 2.72. The Kier molecular flexibility index (Phi) is 4.12. The van der Waals surface area contributed by atoms with Crippen molar-refractivity contribution in [3.8, 4) is 0 Å². The lowest BCUT2D eigenvalue weighted by Crippen LogP contribution is -2.56. The number of rotatable bonds is 3. The van der Waals surface area contributed by atoms with Gasteiger partial charge in [0, 0.05) is 26.1 Å². The van der Waals surface area contributed by atoms with Crippen molar-refractivity contribution in [3.63, 3.8) is 0 Å². The molecule has 104 valence electrons. The van der Waals surface area contributed by atoms with E-state index in [2.05, 4.69) is 29.1 Å². The van der Waals surface area contributed by atoms with Gasteiger partial charge in [0.15, 0.2) is 5.60 Å². The quantitative estimate of drug-likeness (QED) is 0.768. The number of hydrogen-bond donors (Lipinski definition) is 2. The second-order valence-electron chi connectivity index (χ2n) is 5.67. The van der Waals surface area contributed by atoms with Crippen LogP contribution >= 0.6 is 0 Å². The summed E-state index contributed by atoms with van der Waals surface area (Å²) < 4.78 is 6.04. The van der Waals surface area contributed by atoms with E-state index in [0.717, 1.165) is 26.1 Å². The summed E-state index contributed by atoms with van der Waals surface area (Å²) >= 11 is 0. The predicted molar refractivity (Wildman–Crippen MR) is 71.7 cm³/mol. The highest BCUT2D eigenvalue weighted by Crippen LogP contribution is 2.32. The molecule has 5 nitrogen and oxygen atoms in total. The molecule has 1 spiro atoms. The minimum absolute atomic E-state index is 0.450. The van der Waals surface area contributed by atoms with Crippen LogP contribution in [0.2, 0.25) is 0 Å². The third kappa shape index (κ3) is 2.62. The zero-order valence-corrected chi connectivity index (χ0v) is 11.6. The minimum Gasteiger partial charge on any atom is -0.454 e. The van der Waals surface area contributed by atoms with Crippen LogP contribution in [0.15, 0.2) is 4.99 Å². The Bertz CT molecular complexity index is 319. The van der Waals surface area contributed by atoms with Crippen LogP contribution in [0.1, 0.15) is 27.2 Å². The van der Waals surface area contributed by atoms with Crippen LogP contribution in [0.3, 0.4) is 0 Å². The van der Waals surface area contributed by atoms with Crippen molar-refractivity contribution >= 4 is 6.02 Å². The second kappa shape index (κ2) is 5.45. The number of β-amino-alcohol motifs (C(OH)–C–C–N with tert-alkyl or cyclic N) is 1. The molecule has 0 unspecified atom stereocenters. The van der Waals surface area contributed by atoms with Crippen LogP contribution < -0.4 is 5.32 Å². The molecule has 0 aromatic rings. The maximum atomic E-state index is 10.2. The molecular formula is C13H25N3O2. The molecule has 2 heterocycles. The van der Waals surface area contributed by atoms with E-state index in [9.17, 15) is 5.11 Å². The molecule has 0 radical (unpaired) electrons. The molecule has 5 heteroatoms. The fraction of sp³-hybridized carbons (Fsp3) is 0.923. The van der Waals surface area contributed by atoms with Gasteiger partial charge in [-0.1, -0.05) is 13.8 Å². The summed E-state index contributed by atoms with van der Waals surface area (Å²) in [6.45, 7) is 10.3. The van der Waals surface area contributed by atoms with Crippen molar-refractivity contribution in [2.24, 2.45) is 10.9 Å². The second-order valence-corrected chi connectivity index (χ2v) is 5.67.